The van der Waals surface area contributed by atoms with E-state index < -0.39 is 12.1 Å². The van der Waals surface area contributed by atoms with E-state index in [1.807, 2.05) is 0 Å². The van der Waals surface area contributed by atoms with E-state index in [9.17, 15) is 14.6 Å². The molecule has 1 saturated heterocycles. The summed E-state index contributed by atoms with van der Waals surface area (Å²) in [5, 5.41) is 19.6. The highest BCUT2D eigenvalue weighted by molar-refractivity contribution is 5.20. The SMILES string of the molecule is Oc1ccc([C@@H](O)CN2C[C@H]3CC(Oc4cccnc4F)C[C@H]3C2)nc1. The van der Waals surface area contributed by atoms with E-state index in [2.05, 4.69) is 14.9 Å². The average molecular weight is 359 g/mol. The molecule has 26 heavy (non-hydrogen) atoms. The van der Waals surface area contributed by atoms with Crippen molar-refractivity contribution in [1.29, 1.82) is 0 Å². The lowest BCUT2D eigenvalue weighted by atomic mass is 10.0. The molecule has 0 aromatic carbocycles. The Bertz CT molecular complexity index is 744. The summed E-state index contributed by atoms with van der Waals surface area (Å²) in [7, 11) is 0. The third-order valence-electron chi connectivity index (χ3n) is 5.35. The first kappa shape index (κ1) is 17.2. The van der Waals surface area contributed by atoms with Gasteiger partial charge in [0.25, 0.3) is 5.95 Å². The average Bonchev–Trinajstić information content (AvgIpc) is 3.15. The standard InChI is InChI=1S/C19H22FN3O3/c20-19-18(2-1-5-21-19)26-15-6-12-9-23(10-13(12)7-15)11-17(25)16-4-3-14(24)8-22-16/h1-5,8,12-13,15,17,24-25H,6-7,9-11H2/t12-,13+,15?,17-/m0/s1. The summed E-state index contributed by atoms with van der Waals surface area (Å²) < 4.78 is 19.4. The summed E-state index contributed by atoms with van der Waals surface area (Å²) in [6, 6.07) is 6.46. The first-order valence-electron chi connectivity index (χ1n) is 8.91. The number of aliphatic hydroxyl groups excluding tert-OH is 1. The highest BCUT2D eigenvalue weighted by Crippen LogP contribution is 2.40. The minimum atomic E-state index is -0.675. The van der Waals surface area contributed by atoms with Crippen LogP contribution in [0, 0.1) is 17.8 Å². The molecule has 1 aliphatic carbocycles. The van der Waals surface area contributed by atoms with Crippen LogP contribution in [0.3, 0.4) is 0 Å². The molecule has 1 saturated carbocycles. The van der Waals surface area contributed by atoms with Crippen molar-refractivity contribution in [2.24, 2.45) is 11.8 Å². The third-order valence-corrected chi connectivity index (χ3v) is 5.35. The zero-order valence-corrected chi connectivity index (χ0v) is 14.3. The molecule has 2 aromatic rings. The van der Waals surface area contributed by atoms with Gasteiger partial charge in [0.2, 0.25) is 0 Å². The van der Waals surface area contributed by atoms with Crippen LogP contribution in [-0.2, 0) is 0 Å². The number of ether oxygens (including phenoxy) is 1. The molecule has 2 N–H and O–H groups in total. The summed E-state index contributed by atoms with van der Waals surface area (Å²) in [4.78, 5) is 9.94. The van der Waals surface area contributed by atoms with Crippen LogP contribution in [0.15, 0.2) is 36.7 Å². The first-order valence-corrected chi connectivity index (χ1v) is 8.91. The van der Waals surface area contributed by atoms with E-state index in [-0.39, 0.29) is 17.6 Å². The van der Waals surface area contributed by atoms with Crippen LogP contribution >= 0.6 is 0 Å². The molecule has 2 aromatic heterocycles. The maximum absolute atomic E-state index is 13.6. The summed E-state index contributed by atoms with van der Waals surface area (Å²) in [5.74, 6) is 0.756. The molecule has 3 heterocycles. The minimum Gasteiger partial charge on any atom is -0.506 e. The highest BCUT2D eigenvalue weighted by Gasteiger charge is 2.42. The zero-order chi connectivity index (χ0) is 18.1. The second-order valence-electron chi connectivity index (χ2n) is 7.20. The zero-order valence-electron chi connectivity index (χ0n) is 14.3. The molecule has 1 unspecified atom stereocenters. The van der Waals surface area contributed by atoms with Gasteiger partial charge >= 0.3 is 0 Å². The van der Waals surface area contributed by atoms with Crippen molar-refractivity contribution in [3.8, 4) is 11.5 Å². The van der Waals surface area contributed by atoms with Crippen molar-refractivity contribution in [2.45, 2.75) is 25.0 Å². The molecule has 0 bridgehead atoms. The molecule has 4 atom stereocenters. The Morgan fingerprint density at radius 1 is 1.19 bits per heavy atom. The van der Waals surface area contributed by atoms with Crippen LogP contribution in [-0.4, -0.2) is 50.8 Å². The van der Waals surface area contributed by atoms with Crippen LogP contribution in [0.4, 0.5) is 4.39 Å². The fourth-order valence-electron chi connectivity index (χ4n) is 4.16. The van der Waals surface area contributed by atoms with Gasteiger partial charge in [-0.2, -0.15) is 4.39 Å². The lowest BCUT2D eigenvalue weighted by Crippen LogP contribution is -2.29. The summed E-state index contributed by atoms with van der Waals surface area (Å²) in [6.45, 7) is 2.32. The number of fused-ring (bicyclic) bond motifs is 1. The molecule has 0 spiro atoms. The van der Waals surface area contributed by atoms with Gasteiger partial charge in [0, 0.05) is 25.8 Å². The van der Waals surface area contributed by atoms with Crippen LogP contribution in [0.2, 0.25) is 0 Å². The molecule has 0 radical (unpaired) electrons. The molecular weight excluding hydrogens is 337 g/mol. The third kappa shape index (κ3) is 3.64. The quantitative estimate of drug-likeness (QED) is 0.797. The van der Waals surface area contributed by atoms with Crippen LogP contribution in [0.25, 0.3) is 0 Å². The Morgan fingerprint density at radius 3 is 2.62 bits per heavy atom. The number of nitrogens with zero attached hydrogens (tertiary/aromatic N) is 3. The molecule has 2 fully saturated rings. The van der Waals surface area contributed by atoms with E-state index in [0.29, 0.717) is 24.1 Å². The Morgan fingerprint density at radius 2 is 1.96 bits per heavy atom. The second kappa shape index (κ2) is 7.17. The van der Waals surface area contributed by atoms with Gasteiger partial charge in [-0.05, 0) is 48.9 Å². The van der Waals surface area contributed by atoms with Crippen molar-refractivity contribution in [3.63, 3.8) is 0 Å². The first-order chi connectivity index (χ1) is 12.6. The predicted molar refractivity (Wildman–Crippen MR) is 92.1 cm³/mol. The van der Waals surface area contributed by atoms with Gasteiger partial charge in [-0.15, -0.1) is 0 Å². The van der Waals surface area contributed by atoms with Crippen molar-refractivity contribution in [3.05, 3.63) is 48.3 Å². The minimum absolute atomic E-state index is 0.0227. The van der Waals surface area contributed by atoms with E-state index >= 15 is 0 Å². The fraction of sp³-hybridized carbons (Fsp3) is 0.474. The number of halogens is 1. The normalized spacial score (nSPS) is 26.6. The van der Waals surface area contributed by atoms with Gasteiger partial charge in [0.1, 0.15) is 11.9 Å². The summed E-state index contributed by atoms with van der Waals surface area (Å²) in [5.41, 5.74) is 0.563. The number of likely N-dealkylation sites (tertiary alicyclic amines) is 1. The molecule has 2 aliphatic rings. The lowest BCUT2D eigenvalue weighted by Gasteiger charge is -2.22. The largest absolute Gasteiger partial charge is 0.506 e. The Hall–Kier alpha value is -2.25. The fourth-order valence-corrected chi connectivity index (χ4v) is 4.16. The van der Waals surface area contributed by atoms with E-state index in [4.69, 9.17) is 4.74 Å². The Kier molecular flexibility index (Phi) is 4.74. The van der Waals surface area contributed by atoms with Crippen LogP contribution in [0.5, 0.6) is 11.5 Å². The van der Waals surface area contributed by atoms with Crippen molar-refractivity contribution < 1.29 is 19.3 Å². The molecule has 1 aliphatic heterocycles. The van der Waals surface area contributed by atoms with Gasteiger partial charge in [-0.25, -0.2) is 4.98 Å². The monoisotopic (exact) mass is 359 g/mol. The summed E-state index contributed by atoms with van der Waals surface area (Å²) >= 11 is 0. The van der Waals surface area contributed by atoms with E-state index in [0.717, 1.165) is 25.9 Å². The van der Waals surface area contributed by atoms with E-state index in [1.165, 1.54) is 18.5 Å². The Labute approximate surface area is 151 Å². The molecular formula is C19H22FN3O3. The Balaban J connectivity index is 1.29. The van der Waals surface area contributed by atoms with Gasteiger partial charge in [-0.1, -0.05) is 0 Å². The number of β-amino-alcohol motifs (C(OH)–C–C–N with tert-alkyl or cyclic N) is 1. The molecule has 0 amide bonds. The molecule has 4 rings (SSSR count). The topological polar surface area (TPSA) is 78.7 Å². The van der Waals surface area contributed by atoms with Crippen molar-refractivity contribution >= 4 is 0 Å². The maximum atomic E-state index is 13.6. The van der Waals surface area contributed by atoms with Gasteiger partial charge in [0.15, 0.2) is 5.75 Å². The number of hydrogen-bond acceptors (Lipinski definition) is 6. The van der Waals surface area contributed by atoms with Crippen molar-refractivity contribution in [1.82, 2.24) is 14.9 Å². The number of hydrogen-bond donors (Lipinski definition) is 2. The van der Waals surface area contributed by atoms with Crippen LogP contribution in [0.1, 0.15) is 24.6 Å². The predicted octanol–water partition coefficient (Wildman–Crippen LogP) is 2.14. The highest BCUT2D eigenvalue weighted by atomic mass is 19.1. The van der Waals surface area contributed by atoms with Crippen LogP contribution < -0.4 is 4.74 Å². The lowest BCUT2D eigenvalue weighted by molar-refractivity contribution is 0.112. The molecule has 138 valence electrons. The number of rotatable bonds is 5. The van der Waals surface area contributed by atoms with Gasteiger partial charge < -0.3 is 14.9 Å². The number of pyridine rings is 2. The number of aliphatic hydroxyl groups is 1. The van der Waals surface area contributed by atoms with Gasteiger partial charge in [0.05, 0.1) is 18.0 Å². The molecule has 7 heteroatoms. The number of aromatic nitrogens is 2. The maximum Gasteiger partial charge on any atom is 0.255 e. The number of aromatic hydroxyl groups is 1. The van der Waals surface area contributed by atoms with E-state index in [1.54, 1.807) is 18.2 Å². The smallest absolute Gasteiger partial charge is 0.255 e. The van der Waals surface area contributed by atoms with Crippen molar-refractivity contribution in [2.75, 3.05) is 19.6 Å². The second-order valence-corrected chi connectivity index (χ2v) is 7.20. The summed E-state index contributed by atoms with van der Waals surface area (Å²) in [6.07, 6.45) is 3.89. The van der Waals surface area contributed by atoms with Gasteiger partial charge in [-0.3, -0.25) is 9.88 Å². The molecule has 6 nitrogen and oxygen atoms in total.